The molecule has 0 unspecified atom stereocenters. The molecule has 1 N–H and O–H groups in total. The lowest BCUT2D eigenvalue weighted by Gasteiger charge is -2.33. The van der Waals surface area contributed by atoms with Crippen LogP contribution in [0.1, 0.15) is 25.3 Å². The van der Waals surface area contributed by atoms with E-state index in [4.69, 9.17) is 14.2 Å². The van der Waals surface area contributed by atoms with E-state index >= 15 is 0 Å². The second-order valence-electron chi connectivity index (χ2n) is 6.27. The van der Waals surface area contributed by atoms with Crippen LogP contribution in [0.3, 0.4) is 0 Å². The third-order valence-electron chi connectivity index (χ3n) is 4.46. The van der Waals surface area contributed by atoms with Gasteiger partial charge in [0.25, 0.3) is 0 Å². The summed E-state index contributed by atoms with van der Waals surface area (Å²) < 4.78 is 16.8. The van der Waals surface area contributed by atoms with E-state index in [1.165, 1.54) is 18.4 Å². The number of hydrogen-bond acceptors (Lipinski definition) is 5. The summed E-state index contributed by atoms with van der Waals surface area (Å²) in [7, 11) is 1.68. The summed E-state index contributed by atoms with van der Waals surface area (Å²) in [6, 6.07) is 6.93. The first kappa shape index (κ1) is 16.6. The Labute approximate surface area is 138 Å². The third-order valence-corrected chi connectivity index (χ3v) is 4.46. The van der Waals surface area contributed by atoms with Crippen LogP contribution < -0.4 is 14.8 Å². The van der Waals surface area contributed by atoms with Crippen LogP contribution in [-0.4, -0.2) is 57.0 Å². The van der Waals surface area contributed by atoms with Gasteiger partial charge in [-0.1, -0.05) is 6.07 Å². The molecule has 2 fully saturated rings. The quantitative estimate of drug-likeness (QED) is 0.794. The van der Waals surface area contributed by atoms with E-state index in [1.807, 2.05) is 19.1 Å². The molecule has 1 atom stereocenters. The van der Waals surface area contributed by atoms with Gasteiger partial charge in [0.15, 0.2) is 11.5 Å². The van der Waals surface area contributed by atoms with Crippen LogP contribution in [0.2, 0.25) is 0 Å². The van der Waals surface area contributed by atoms with Crippen molar-refractivity contribution in [2.45, 2.75) is 38.5 Å². The molecule has 5 heteroatoms. The average Bonchev–Trinajstić information content (AvgIpc) is 3.41. The van der Waals surface area contributed by atoms with Crippen LogP contribution in [0.4, 0.5) is 0 Å². The molecule has 1 aliphatic heterocycles. The van der Waals surface area contributed by atoms with Gasteiger partial charge in [-0.3, -0.25) is 4.90 Å². The summed E-state index contributed by atoms with van der Waals surface area (Å²) in [5.74, 6) is 1.59. The highest BCUT2D eigenvalue weighted by atomic mass is 16.5. The van der Waals surface area contributed by atoms with Gasteiger partial charge >= 0.3 is 0 Å². The van der Waals surface area contributed by atoms with Gasteiger partial charge in [0, 0.05) is 32.2 Å². The normalized spacial score (nSPS) is 22.1. The monoisotopic (exact) mass is 320 g/mol. The Bertz CT molecular complexity index is 505. The maximum Gasteiger partial charge on any atom is 0.161 e. The number of methoxy groups -OCH3 is 1. The fourth-order valence-corrected chi connectivity index (χ4v) is 3.11. The van der Waals surface area contributed by atoms with Crippen LogP contribution in [0.5, 0.6) is 11.5 Å². The Balaban J connectivity index is 1.46. The highest BCUT2D eigenvalue weighted by molar-refractivity contribution is 5.42. The van der Waals surface area contributed by atoms with Gasteiger partial charge in [-0.2, -0.15) is 0 Å². The van der Waals surface area contributed by atoms with Crippen LogP contribution >= 0.6 is 0 Å². The highest BCUT2D eigenvalue weighted by Gasteiger charge is 2.32. The van der Waals surface area contributed by atoms with Crippen LogP contribution in [0.25, 0.3) is 0 Å². The van der Waals surface area contributed by atoms with Crippen molar-refractivity contribution in [3.63, 3.8) is 0 Å². The Morgan fingerprint density at radius 1 is 1.30 bits per heavy atom. The molecule has 0 aromatic heterocycles. The number of nitrogens with zero attached hydrogens (tertiary/aromatic N) is 1. The van der Waals surface area contributed by atoms with Crippen molar-refractivity contribution in [2.24, 2.45) is 0 Å². The van der Waals surface area contributed by atoms with E-state index in [2.05, 4.69) is 16.3 Å². The number of benzene rings is 1. The summed E-state index contributed by atoms with van der Waals surface area (Å²) in [5, 5.41) is 3.51. The first-order chi connectivity index (χ1) is 11.3. The Morgan fingerprint density at radius 2 is 2.17 bits per heavy atom. The standard InChI is InChI=1S/C18H28N2O3/c1-3-22-17-7-4-14(10-18(17)21-2)11-19-12-16-13-20(8-9-23-16)15-5-6-15/h4,7,10,15-16,19H,3,5-6,8-9,11-13H2,1-2H3/t16-/m1/s1. The number of rotatable bonds is 8. The molecule has 1 aromatic carbocycles. The minimum absolute atomic E-state index is 0.300. The lowest BCUT2D eigenvalue weighted by Crippen LogP contribution is -2.47. The van der Waals surface area contributed by atoms with Crippen molar-refractivity contribution < 1.29 is 14.2 Å². The summed E-state index contributed by atoms with van der Waals surface area (Å²) in [5.41, 5.74) is 1.19. The smallest absolute Gasteiger partial charge is 0.161 e. The summed E-state index contributed by atoms with van der Waals surface area (Å²) >= 11 is 0. The maximum atomic E-state index is 5.87. The van der Waals surface area contributed by atoms with Crippen molar-refractivity contribution in [1.29, 1.82) is 0 Å². The second kappa shape index (κ2) is 7.99. The van der Waals surface area contributed by atoms with Crippen molar-refractivity contribution in [3.8, 4) is 11.5 Å². The maximum absolute atomic E-state index is 5.87. The molecule has 1 saturated carbocycles. The van der Waals surface area contributed by atoms with Gasteiger partial charge in [-0.05, 0) is 37.5 Å². The first-order valence-electron chi connectivity index (χ1n) is 8.66. The summed E-state index contributed by atoms with van der Waals surface area (Å²) in [4.78, 5) is 2.58. The number of morpholine rings is 1. The molecule has 1 aliphatic carbocycles. The second-order valence-corrected chi connectivity index (χ2v) is 6.27. The van der Waals surface area contributed by atoms with E-state index in [1.54, 1.807) is 7.11 Å². The van der Waals surface area contributed by atoms with E-state index in [9.17, 15) is 0 Å². The zero-order chi connectivity index (χ0) is 16.1. The predicted molar refractivity (Wildman–Crippen MR) is 90.2 cm³/mol. The zero-order valence-corrected chi connectivity index (χ0v) is 14.2. The lowest BCUT2D eigenvalue weighted by molar-refractivity contribution is -0.0301. The molecule has 0 amide bonds. The average molecular weight is 320 g/mol. The van der Waals surface area contributed by atoms with Gasteiger partial charge in [0.1, 0.15) is 0 Å². The van der Waals surface area contributed by atoms with Crippen molar-refractivity contribution >= 4 is 0 Å². The molecule has 1 saturated heterocycles. The molecule has 128 valence electrons. The molecule has 1 heterocycles. The molecule has 0 radical (unpaired) electrons. The number of hydrogen-bond donors (Lipinski definition) is 1. The third kappa shape index (κ3) is 4.59. The molecular weight excluding hydrogens is 292 g/mol. The zero-order valence-electron chi connectivity index (χ0n) is 14.2. The summed E-state index contributed by atoms with van der Waals surface area (Å²) in [6.07, 6.45) is 3.03. The van der Waals surface area contributed by atoms with Gasteiger partial charge in [0.05, 0.1) is 26.4 Å². The lowest BCUT2D eigenvalue weighted by atomic mass is 10.2. The predicted octanol–water partition coefficient (Wildman–Crippen LogP) is 2.05. The van der Waals surface area contributed by atoms with E-state index in [0.717, 1.165) is 50.3 Å². The van der Waals surface area contributed by atoms with Crippen molar-refractivity contribution in [3.05, 3.63) is 23.8 Å². The first-order valence-corrected chi connectivity index (χ1v) is 8.66. The van der Waals surface area contributed by atoms with E-state index in [0.29, 0.717) is 12.7 Å². The van der Waals surface area contributed by atoms with Crippen molar-refractivity contribution in [1.82, 2.24) is 10.2 Å². The largest absolute Gasteiger partial charge is 0.493 e. The molecule has 1 aromatic rings. The van der Waals surface area contributed by atoms with Crippen LogP contribution in [0.15, 0.2) is 18.2 Å². The Hall–Kier alpha value is -1.30. The van der Waals surface area contributed by atoms with Gasteiger partial charge in [-0.15, -0.1) is 0 Å². The van der Waals surface area contributed by atoms with Crippen molar-refractivity contribution in [2.75, 3.05) is 40.0 Å². The van der Waals surface area contributed by atoms with Gasteiger partial charge in [0.2, 0.25) is 0 Å². The molecule has 5 nitrogen and oxygen atoms in total. The van der Waals surface area contributed by atoms with Crippen LogP contribution in [0, 0.1) is 0 Å². The Morgan fingerprint density at radius 3 is 2.91 bits per heavy atom. The molecular formula is C18H28N2O3. The molecule has 2 aliphatic rings. The molecule has 23 heavy (non-hydrogen) atoms. The fourth-order valence-electron chi connectivity index (χ4n) is 3.11. The number of nitrogens with one attached hydrogen (secondary N) is 1. The highest BCUT2D eigenvalue weighted by Crippen LogP contribution is 2.29. The van der Waals surface area contributed by atoms with Crippen LogP contribution in [-0.2, 0) is 11.3 Å². The molecule has 3 rings (SSSR count). The molecule has 0 bridgehead atoms. The molecule has 0 spiro atoms. The summed E-state index contributed by atoms with van der Waals surface area (Å²) in [6.45, 7) is 7.33. The van der Waals surface area contributed by atoms with Gasteiger partial charge in [-0.25, -0.2) is 0 Å². The Kier molecular flexibility index (Phi) is 5.75. The van der Waals surface area contributed by atoms with Gasteiger partial charge < -0.3 is 19.5 Å². The number of ether oxygens (including phenoxy) is 3. The topological polar surface area (TPSA) is 43.0 Å². The van der Waals surface area contributed by atoms with E-state index < -0.39 is 0 Å². The minimum Gasteiger partial charge on any atom is -0.493 e. The minimum atomic E-state index is 0.300. The van der Waals surface area contributed by atoms with E-state index in [-0.39, 0.29) is 0 Å². The SMILES string of the molecule is CCOc1ccc(CNC[C@@H]2CN(C3CC3)CCO2)cc1OC. The fraction of sp³-hybridized carbons (Fsp3) is 0.667.